The molecule has 0 fully saturated rings. The Balaban J connectivity index is 1.42. The topological polar surface area (TPSA) is 81.4 Å². The molecular weight excluding hydrogens is 376 g/mol. The molecule has 2 aromatic carbocycles. The fraction of sp³-hybridized carbons (Fsp3) is 0.286. The lowest BCUT2D eigenvalue weighted by Crippen LogP contribution is -2.37. The molecule has 0 aliphatic carbocycles. The Morgan fingerprint density at radius 2 is 1.82 bits per heavy atom. The fourth-order valence-electron chi connectivity index (χ4n) is 2.62. The molecule has 1 aromatic heterocycles. The Hall–Kier alpha value is -2.80. The van der Waals surface area contributed by atoms with Crippen LogP contribution in [0.5, 0.6) is 0 Å². The Labute approximate surface area is 167 Å². The number of fused-ring (bicyclic) bond motifs is 1. The number of carbonyl (C=O) groups excluding carboxylic acids is 2. The Morgan fingerprint density at radius 3 is 2.57 bits per heavy atom. The number of hydrogen-bond donors (Lipinski definition) is 1. The number of carbonyl (C=O) groups is 2. The van der Waals surface area contributed by atoms with Crippen molar-refractivity contribution in [3.05, 3.63) is 60.2 Å². The average molecular weight is 398 g/mol. The van der Waals surface area contributed by atoms with Crippen LogP contribution in [0.25, 0.3) is 11.1 Å². The molecule has 3 aromatic rings. The molecule has 0 aliphatic heterocycles. The van der Waals surface area contributed by atoms with Crippen molar-refractivity contribution in [2.24, 2.45) is 0 Å². The van der Waals surface area contributed by atoms with E-state index in [2.05, 4.69) is 10.3 Å². The smallest absolute Gasteiger partial charge is 0.317 e. The highest BCUT2D eigenvalue weighted by Gasteiger charge is 2.19. The number of hydrogen-bond acceptors (Lipinski definition) is 6. The van der Waals surface area contributed by atoms with Crippen molar-refractivity contribution in [3.8, 4) is 0 Å². The zero-order chi connectivity index (χ0) is 19.9. The molecule has 0 radical (unpaired) electrons. The normalized spacial score (nSPS) is 13.1. The molecule has 0 aliphatic rings. The number of nitrogens with one attached hydrogen (secondary N) is 1. The van der Waals surface area contributed by atoms with Gasteiger partial charge in [-0.3, -0.25) is 9.59 Å². The predicted molar refractivity (Wildman–Crippen MR) is 108 cm³/mol. The van der Waals surface area contributed by atoms with Crippen LogP contribution in [0.2, 0.25) is 0 Å². The van der Waals surface area contributed by atoms with Crippen molar-refractivity contribution in [1.29, 1.82) is 0 Å². The van der Waals surface area contributed by atoms with Gasteiger partial charge in [-0.15, -0.1) is 0 Å². The first-order valence-corrected chi connectivity index (χ1v) is 10.0. The van der Waals surface area contributed by atoms with Gasteiger partial charge >= 0.3 is 5.97 Å². The molecule has 2 atom stereocenters. The van der Waals surface area contributed by atoms with Crippen LogP contribution in [0.15, 0.2) is 64.2 Å². The van der Waals surface area contributed by atoms with Gasteiger partial charge in [0.25, 0.3) is 11.1 Å². The first-order valence-electron chi connectivity index (χ1n) is 9.03. The van der Waals surface area contributed by atoms with Gasteiger partial charge in [0, 0.05) is 6.54 Å². The fourth-order valence-corrected chi connectivity index (χ4v) is 3.24. The Kier molecular flexibility index (Phi) is 6.71. The van der Waals surface area contributed by atoms with E-state index < -0.39 is 12.1 Å². The van der Waals surface area contributed by atoms with E-state index in [1.165, 1.54) is 0 Å². The van der Waals surface area contributed by atoms with Gasteiger partial charge in [-0.1, -0.05) is 61.2 Å². The number of benzene rings is 2. The van der Waals surface area contributed by atoms with E-state index in [0.29, 0.717) is 17.4 Å². The summed E-state index contributed by atoms with van der Waals surface area (Å²) in [6.07, 6.45) is -0.861. The highest BCUT2D eigenvalue weighted by molar-refractivity contribution is 7.99. The van der Waals surface area contributed by atoms with Crippen molar-refractivity contribution in [1.82, 2.24) is 10.3 Å². The molecule has 0 bridgehead atoms. The zero-order valence-corrected chi connectivity index (χ0v) is 16.6. The van der Waals surface area contributed by atoms with E-state index in [4.69, 9.17) is 9.15 Å². The van der Waals surface area contributed by atoms with E-state index in [-0.39, 0.29) is 17.6 Å². The highest BCUT2D eigenvalue weighted by atomic mass is 32.2. The summed E-state index contributed by atoms with van der Waals surface area (Å²) in [5.41, 5.74) is 2.54. The van der Waals surface area contributed by atoms with Gasteiger partial charge in [-0.25, -0.2) is 4.98 Å². The SMILES string of the molecule is C[C@H](OC(=O)CSc1nc2ccccc2o1)C(=O)NC[C@@H](C)c1ccccc1. The number of amides is 1. The van der Waals surface area contributed by atoms with E-state index >= 15 is 0 Å². The summed E-state index contributed by atoms with van der Waals surface area (Å²) in [7, 11) is 0. The van der Waals surface area contributed by atoms with Crippen molar-refractivity contribution in [2.45, 2.75) is 31.1 Å². The quantitative estimate of drug-likeness (QED) is 0.459. The third-order valence-electron chi connectivity index (χ3n) is 4.22. The maximum Gasteiger partial charge on any atom is 0.317 e. The van der Waals surface area contributed by atoms with Gasteiger partial charge in [0.1, 0.15) is 11.3 Å². The van der Waals surface area contributed by atoms with E-state index in [9.17, 15) is 9.59 Å². The standard InChI is InChI=1S/C21H22N2O4S/c1-14(16-8-4-3-5-9-16)12-22-20(25)15(2)26-19(24)13-28-21-23-17-10-6-7-11-18(17)27-21/h3-11,14-15H,12-13H2,1-2H3,(H,22,25)/t14-,15+/m1/s1. The molecule has 0 spiro atoms. The summed E-state index contributed by atoms with van der Waals surface area (Å²) in [5, 5.41) is 3.22. The number of thioether (sulfide) groups is 1. The molecular formula is C21H22N2O4S. The summed E-state index contributed by atoms with van der Waals surface area (Å²) < 4.78 is 10.7. The molecule has 1 N–H and O–H groups in total. The number of rotatable bonds is 8. The summed E-state index contributed by atoms with van der Waals surface area (Å²) in [5.74, 6) is -0.623. The van der Waals surface area contributed by atoms with Crippen LogP contribution in [0.4, 0.5) is 0 Å². The summed E-state index contributed by atoms with van der Waals surface area (Å²) in [6.45, 7) is 4.07. The number of para-hydroxylation sites is 2. The summed E-state index contributed by atoms with van der Waals surface area (Å²) in [4.78, 5) is 28.5. The second kappa shape index (κ2) is 9.41. The number of nitrogens with zero attached hydrogens (tertiary/aromatic N) is 1. The van der Waals surface area contributed by atoms with Crippen molar-refractivity contribution in [3.63, 3.8) is 0 Å². The minimum atomic E-state index is -0.861. The average Bonchev–Trinajstić information content (AvgIpc) is 3.14. The van der Waals surface area contributed by atoms with E-state index in [1.54, 1.807) is 6.92 Å². The van der Waals surface area contributed by atoms with Gasteiger partial charge in [-0.05, 0) is 30.5 Å². The lowest BCUT2D eigenvalue weighted by atomic mass is 10.0. The van der Waals surface area contributed by atoms with Crippen LogP contribution in [0.3, 0.4) is 0 Å². The molecule has 28 heavy (non-hydrogen) atoms. The minimum Gasteiger partial charge on any atom is -0.452 e. The van der Waals surface area contributed by atoms with Crippen molar-refractivity contribution in [2.75, 3.05) is 12.3 Å². The lowest BCUT2D eigenvalue weighted by molar-refractivity contribution is -0.152. The molecule has 1 heterocycles. The molecule has 7 heteroatoms. The second-order valence-electron chi connectivity index (χ2n) is 6.43. The molecule has 0 unspecified atom stereocenters. The molecule has 3 rings (SSSR count). The lowest BCUT2D eigenvalue weighted by Gasteiger charge is -2.16. The largest absolute Gasteiger partial charge is 0.452 e. The third-order valence-corrected chi connectivity index (χ3v) is 5.02. The van der Waals surface area contributed by atoms with Crippen LogP contribution in [-0.2, 0) is 14.3 Å². The maximum atomic E-state index is 12.2. The van der Waals surface area contributed by atoms with Crippen molar-refractivity contribution < 1.29 is 18.7 Å². The molecule has 0 saturated carbocycles. The van der Waals surface area contributed by atoms with Gasteiger partial charge in [0.05, 0.1) is 0 Å². The van der Waals surface area contributed by atoms with Crippen LogP contribution in [-0.4, -0.2) is 35.3 Å². The first-order chi connectivity index (χ1) is 13.5. The monoisotopic (exact) mass is 398 g/mol. The van der Waals surface area contributed by atoms with Crippen molar-refractivity contribution >= 4 is 34.7 Å². The maximum absolute atomic E-state index is 12.2. The zero-order valence-electron chi connectivity index (χ0n) is 15.8. The number of aromatic nitrogens is 1. The van der Waals surface area contributed by atoms with Crippen LogP contribution < -0.4 is 5.32 Å². The van der Waals surface area contributed by atoms with E-state index in [0.717, 1.165) is 22.8 Å². The number of ether oxygens (including phenoxy) is 1. The number of esters is 1. The Bertz CT molecular complexity index is 909. The first kappa shape index (κ1) is 19.9. The van der Waals surface area contributed by atoms with Crippen LogP contribution >= 0.6 is 11.8 Å². The second-order valence-corrected chi connectivity index (χ2v) is 7.35. The summed E-state index contributed by atoms with van der Waals surface area (Å²) >= 11 is 1.14. The Morgan fingerprint density at radius 1 is 1.11 bits per heavy atom. The van der Waals surface area contributed by atoms with Gasteiger partial charge < -0.3 is 14.5 Å². The molecule has 6 nitrogen and oxygen atoms in total. The van der Waals surface area contributed by atoms with Gasteiger partial charge in [0.15, 0.2) is 11.7 Å². The minimum absolute atomic E-state index is 0.0187. The highest BCUT2D eigenvalue weighted by Crippen LogP contribution is 2.23. The van der Waals surface area contributed by atoms with Gasteiger partial charge in [0.2, 0.25) is 0 Å². The third kappa shape index (κ3) is 5.36. The van der Waals surface area contributed by atoms with E-state index in [1.807, 2.05) is 61.5 Å². The molecule has 1 amide bonds. The molecule has 146 valence electrons. The molecule has 0 saturated heterocycles. The van der Waals surface area contributed by atoms with Crippen LogP contribution in [0.1, 0.15) is 25.3 Å². The van der Waals surface area contributed by atoms with Gasteiger partial charge in [-0.2, -0.15) is 0 Å². The number of oxazole rings is 1. The summed E-state index contributed by atoms with van der Waals surface area (Å²) in [6, 6.07) is 17.3. The van der Waals surface area contributed by atoms with Crippen LogP contribution in [0, 0.1) is 0 Å². The predicted octanol–water partition coefficient (Wildman–Crippen LogP) is 3.77.